The van der Waals surface area contributed by atoms with Gasteiger partial charge in [0, 0.05) is 35.0 Å². The molecule has 0 unspecified atom stereocenters. The molecule has 0 fully saturated rings. The summed E-state index contributed by atoms with van der Waals surface area (Å²) in [6, 6.07) is 27.0. The maximum atomic E-state index is 12.9. The van der Waals surface area contributed by atoms with Gasteiger partial charge in [-0.3, -0.25) is 14.3 Å². The van der Waals surface area contributed by atoms with Crippen molar-refractivity contribution < 1.29 is 9.53 Å². The van der Waals surface area contributed by atoms with E-state index in [9.17, 15) is 4.79 Å². The zero-order valence-electron chi connectivity index (χ0n) is 20.5. The summed E-state index contributed by atoms with van der Waals surface area (Å²) in [4.78, 5) is 17.1. The van der Waals surface area contributed by atoms with Crippen LogP contribution in [0.4, 0.5) is 5.69 Å². The number of aromatic nitrogens is 4. The number of amides is 1. The first-order valence-electron chi connectivity index (χ1n) is 11.7. The van der Waals surface area contributed by atoms with Gasteiger partial charge in [0.25, 0.3) is 5.91 Å². The average molecular weight is 508 g/mol. The number of nitrogens with one attached hydrogen (secondary N) is 1. The number of methoxy groups -OCH3 is 1. The van der Waals surface area contributed by atoms with Crippen LogP contribution in [-0.4, -0.2) is 32.8 Å². The first-order valence-corrected chi connectivity index (χ1v) is 12.7. The van der Waals surface area contributed by atoms with Crippen LogP contribution in [0.25, 0.3) is 17.1 Å². The maximum Gasteiger partial charge on any atom is 0.255 e. The van der Waals surface area contributed by atoms with Crippen LogP contribution in [-0.2, 0) is 5.75 Å². The predicted octanol–water partition coefficient (Wildman–Crippen LogP) is 6.19. The van der Waals surface area contributed by atoms with Gasteiger partial charge in [0.2, 0.25) is 0 Å². The number of carbonyl (C=O) groups is 1. The normalized spacial score (nSPS) is 10.8. The summed E-state index contributed by atoms with van der Waals surface area (Å²) < 4.78 is 7.61. The highest BCUT2D eigenvalue weighted by Gasteiger charge is 2.19. The molecule has 0 bridgehead atoms. The van der Waals surface area contributed by atoms with Gasteiger partial charge in [0.1, 0.15) is 5.75 Å². The Balaban J connectivity index is 1.41. The molecule has 1 N–H and O–H groups in total. The van der Waals surface area contributed by atoms with Crippen molar-refractivity contribution in [2.45, 2.75) is 17.8 Å². The number of hydrogen-bond acceptors (Lipinski definition) is 6. The van der Waals surface area contributed by atoms with Crippen LogP contribution in [0, 0.1) is 6.92 Å². The second-order valence-electron chi connectivity index (χ2n) is 8.37. The predicted molar refractivity (Wildman–Crippen MR) is 146 cm³/mol. The van der Waals surface area contributed by atoms with Crippen molar-refractivity contribution in [3.63, 3.8) is 0 Å². The lowest BCUT2D eigenvalue weighted by atomic mass is 10.1. The average Bonchev–Trinajstić information content (AvgIpc) is 3.36. The Hall–Kier alpha value is -4.43. The number of benzene rings is 3. The molecule has 8 heteroatoms. The van der Waals surface area contributed by atoms with Crippen molar-refractivity contribution in [1.82, 2.24) is 19.7 Å². The molecule has 1 amide bonds. The molecule has 0 saturated heterocycles. The van der Waals surface area contributed by atoms with Crippen LogP contribution in [0.15, 0.2) is 102 Å². The Bertz CT molecular complexity index is 1530. The second kappa shape index (κ2) is 11.1. The van der Waals surface area contributed by atoms with Gasteiger partial charge in [-0.05, 0) is 66.6 Å². The Morgan fingerprint density at radius 1 is 0.973 bits per heavy atom. The third kappa shape index (κ3) is 5.54. The van der Waals surface area contributed by atoms with E-state index in [-0.39, 0.29) is 5.91 Å². The van der Waals surface area contributed by atoms with Crippen LogP contribution >= 0.6 is 11.8 Å². The highest BCUT2D eigenvalue weighted by atomic mass is 32.2. The molecule has 3 aromatic carbocycles. The van der Waals surface area contributed by atoms with E-state index in [0.717, 1.165) is 28.1 Å². The summed E-state index contributed by atoms with van der Waals surface area (Å²) in [5.74, 6) is 1.84. The lowest BCUT2D eigenvalue weighted by Crippen LogP contribution is -2.12. The van der Waals surface area contributed by atoms with Crippen LogP contribution < -0.4 is 10.1 Å². The number of pyridine rings is 1. The van der Waals surface area contributed by atoms with Gasteiger partial charge < -0.3 is 10.1 Å². The summed E-state index contributed by atoms with van der Waals surface area (Å²) in [5, 5.41) is 12.7. The van der Waals surface area contributed by atoms with Gasteiger partial charge in [0.15, 0.2) is 11.0 Å². The molecule has 0 saturated carbocycles. The number of carbonyl (C=O) groups excluding carboxylic acids is 1. The molecule has 184 valence electrons. The Morgan fingerprint density at radius 2 is 1.84 bits per heavy atom. The number of rotatable bonds is 8. The topological polar surface area (TPSA) is 81.9 Å². The molecular formula is C29H25N5O2S. The van der Waals surface area contributed by atoms with Crippen LogP contribution in [0.1, 0.15) is 21.5 Å². The van der Waals surface area contributed by atoms with Crippen molar-refractivity contribution in [3.05, 3.63) is 114 Å². The van der Waals surface area contributed by atoms with Gasteiger partial charge in [0.05, 0.1) is 12.8 Å². The number of anilines is 1. The third-order valence-corrected chi connectivity index (χ3v) is 6.71. The highest BCUT2D eigenvalue weighted by molar-refractivity contribution is 7.98. The van der Waals surface area contributed by atoms with E-state index in [4.69, 9.17) is 4.74 Å². The van der Waals surface area contributed by atoms with Gasteiger partial charge in [-0.15, -0.1) is 10.2 Å². The second-order valence-corrected chi connectivity index (χ2v) is 9.31. The molecule has 5 aromatic rings. The summed E-state index contributed by atoms with van der Waals surface area (Å²) in [7, 11) is 1.65. The van der Waals surface area contributed by atoms with E-state index in [1.54, 1.807) is 19.5 Å². The zero-order chi connectivity index (χ0) is 25.6. The van der Waals surface area contributed by atoms with E-state index in [2.05, 4.69) is 20.5 Å². The Morgan fingerprint density at radius 3 is 2.65 bits per heavy atom. The standard InChI is InChI=1S/C29H25N5O2S/c1-20-8-5-12-24(16-20)31-28(35)22-10-6-9-21(17-22)19-37-29-33-32-27(23-11-7-15-30-18-23)34(29)25-13-3-4-14-26(25)36-2/h3-18H,19H2,1-2H3,(H,31,35). The molecule has 2 heterocycles. The molecule has 37 heavy (non-hydrogen) atoms. The van der Waals surface area contributed by atoms with E-state index < -0.39 is 0 Å². The zero-order valence-corrected chi connectivity index (χ0v) is 21.3. The van der Waals surface area contributed by atoms with Crippen LogP contribution in [0.2, 0.25) is 0 Å². The first-order chi connectivity index (χ1) is 18.1. The number of ether oxygens (including phenoxy) is 1. The van der Waals surface area contributed by atoms with Crippen molar-refractivity contribution in [2.75, 3.05) is 12.4 Å². The van der Waals surface area contributed by atoms with Crippen molar-refractivity contribution in [2.24, 2.45) is 0 Å². The van der Waals surface area contributed by atoms with Crippen molar-refractivity contribution >= 4 is 23.4 Å². The lowest BCUT2D eigenvalue weighted by Gasteiger charge is -2.14. The largest absolute Gasteiger partial charge is 0.495 e. The fourth-order valence-electron chi connectivity index (χ4n) is 3.95. The molecular weight excluding hydrogens is 482 g/mol. The molecule has 0 aliphatic rings. The van der Waals surface area contributed by atoms with E-state index in [1.165, 1.54) is 11.8 Å². The monoisotopic (exact) mass is 507 g/mol. The fraction of sp³-hybridized carbons (Fsp3) is 0.103. The van der Waals surface area contributed by atoms with E-state index in [1.807, 2.05) is 96.4 Å². The Kier molecular flexibility index (Phi) is 7.28. The molecule has 0 radical (unpaired) electrons. The van der Waals surface area contributed by atoms with Gasteiger partial charge in [-0.2, -0.15) is 0 Å². The number of nitrogens with zero attached hydrogens (tertiary/aromatic N) is 4. The quantitative estimate of drug-likeness (QED) is 0.252. The number of thioether (sulfide) groups is 1. The number of hydrogen-bond donors (Lipinski definition) is 1. The van der Waals surface area contributed by atoms with E-state index >= 15 is 0 Å². The smallest absolute Gasteiger partial charge is 0.255 e. The highest BCUT2D eigenvalue weighted by Crippen LogP contribution is 2.33. The molecule has 0 aliphatic heterocycles. The SMILES string of the molecule is COc1ccccc1-n1c(SCc2cccc(C(=O)Nc3cccc(C)c3)c2)nnc1-c1cccnc1. The molecule has 2 aromatic heterocycles. The minimum atomic E-state index is -0.145. The lowest BCUT2D eigenvalue weighted by molar-refractivity contribution is 0.102. The van der Waals surface area contributed by atoms with Crippen molar-refractivity contribution in [3.8, 4) is 22.8 Å². The molecule has 0 aliphatic carbocycles. The number of aryl methyl sites for hydroxylation is 1. The van der Waals surface area contributed by atoms with Crippen molar-refractivity contribution in [1.29, 1.82) is 0 Å². The van der Waals surface area contributed by atoms with Gasteiger partial charge >= 0.3 is 0 Å². The number of para-hydroxylation sites is 2. The first kappa shape index (κ1) is 24.3. The minimum Gasteiger partial charge on any atom is -0.495 e. The van der Waals surface area contributed by atoms with Gasteiger partial charge in [-0.25, -0.2) is 0 Å². The summed E-state index contributed by atoms with van der Waals surface area (Å²) in [6.07, 6.45) is 3.49. The molecule has 5 rings (SSSR count). The summed E-state index contributed by atoms with van der Waals surface area (Å²) in [6.45, 7) is 2.00. The fourth-order valence-corrected chi connectivity index (χ4v) is 4.84. The van der Waals surface area contributed by atoms with E-state index in [0.29, 0.717) is 28.0 Å². The third-order valence-electron chi connectivity index (χ3n) is 5.71. The van der Waals surface area contributed by atoms with Crippen LogP contribution in [0.5, 0.6) is 5.75 Å². The van der Waals surface area contributed by atoms with Gasteiger partial charge in [-0.1, -0.05) is 48.2 Å². The minimum absolute atomic E-state index is 0.145. The molecule has 0 spiro atoms. The maximum absolute atomic E-state index is 12.9. The summed E-state index contributed by atoms with van der Waals surface area (Å²) in [5.41, 5.74) is 5.15. The molecule has 7 nitrogen and oxygen atoms in total. The summed E-state index contributed by atoms with van der Waals surface area (Å²) >= 11 is 1.54. The van der Waals surface area contributed by atoms with Crippen LogP contribution in [0.3, 0.4) is 0 Å². The molecule has 0 atom stereocenters. The Labute approximate surface area is 219 Å².